The highest BCUT2D eigenvalue weighted by Crippen LogP contribution is 2.24. The lowest BCUT2D eigenvalue weighted by molar-refractivity contribution is 0.305. The molecule has 0 saturated carbocycles. The molecule has 1 unspecified atom stereocenters. The minimum atomic E-state index is -0.439. The highest BCUT2D eigenvalue weighted by Gasteiger charge is 2.06. The summed E-state index contributed by atoms with van der Waals surface area (Å²) in [6.45, 7) is 2.24. The maximum absolute atomic E-state index is 13.4. The summed E-state index contributed by atoms with van der Waals surface area (Å²) in [5.74, 6) is 0.287. The topological polar surface area (TPSA) is 35.2 Å². The molecule has 2 aromatic carbocycles. The Morgan fingerprint density at radius 3 is 2.71 bits per heavy atom. The molecule has 2 aromatic rings. The summed E-state index contributed by atoms with van der Waals surface area (Å²) >= 11 is 9.15. The van der Waals surface area contributed by atoms with Gasteiger partial charge in [0.25, 0.3) is 0 Å². The molecule has 0 aliphatic heterocycles. The first-order valence-electron chi connectivity index (χ1n) is 6.56. The molecule has 0 bridgehead atoms. The largest absolute Gasteiger partial charge is 0.489 e. The Balaban J connectivity index is 2.07. The van der Waals surface area contributed by atoms with Crippen molar-refractivity contribution in [1.82, 2.24) is 0 Å². The van der Waals surface area contributed by atoms with Crippen LogP contribution >= 0.6 is 27.5 Å². The fourth-order valence-corrected chi connectivity index (χ4v) is 2.47. The Kier molecular flexibility index (Phi) is 5.62. The molecule has 5 heteroatoms. The Bertz CT molecular complexity index is 634. The molecule has 0 aliphatic carbocycles. The van der Waals surface area contributed by atoms with E-state index in [0.717, 1.165) is 27.8 Å². The zero-order valence-corrected chi connectivity index (χ0v) is 13.9. The Hall–Kier alpha value is -1.10. The van der Waals surface area contributed by atoms with Crippen molar-refractivity contribution < 1.29 is 9.13 Å². The van der Waals surface area contributed by atoms with Crippen molar-refractivity contribution in [1.29, 1.82) is 0 Å². The van der Waals surface area contributed by atoms with Gasteiger partial charge in [0.2, 0.25) is 0 Å². The molecule has 112 valence electrons. The summed E-state index contributed by atoms with van der Waals surface area (Å²) < 4.78 is 20.1. The predicted octanol–water partition coefficient (Wildman–Crippen LogP) is 4.71. The van der Waals surface area contributed by atoms with Crippen LogP contribution in [0.2, 0.25) is 5.02 Å². The van der Waals surface area contributed by atoms with E-state index in [-0.39, 0.29) is 17.7 Å². The second-order valence-corrected chi connectivity index (χ2v) is 6.23. The average molecular weight is 373 g/mol. The summed E-state index contributed by atoms with van der Waals surface area (Å²) in [6.07, 6.45) is 0.757. The molecule has 1 atom stereocenters. The molecular formula is C16H16BrClFNO. The third-order valence-corrected chi connectivity index (χ3v) is 4.03. The summed E-state index contributed by atoms with van der Waals surface area (Å²) in [5.41, 5.74) is 7.64. The molecule has 0 aromatic heterocycles. The SMILES string of the molecule is CC(N)Cc1cc(OCc2ccc(Cl)c(F)c2)ccc1Br. The highest BCUT2D eigenvalue weighted by atomic mass is 79.9. The molecular weight excluding hydrogens is 357 g/mol. The lowest BCUT2D eigenvalue weighted by Crippen LogP contribution is -2.18. The minimum Gasteiger partial charge on any atom is -0.489 e. The Morgan fingerprint density at radius 1 is 1.29 bits per heavy atom. The molecule has 0 radical (unpaired) electrons. The average Bonchev–Trinajstić information content (AvgIpc) is 2.43. The van der Waals surface area contributed by atoms with Gasteiger partial charge in [0.1, 0.15) is 18.2 Å². The number of benzene rings is 2. The van der Waals surface area contributed by atoms with E-state index in [1.165, 1.54) is 12.1 Å². The van der Waals surface area contributed by atoms with Crippen LogP contribution in [-0.2, 0) is 13.0 Å². The van der Waals surface area contributed by atoms with Crippen molar-refractivity contribution >= 4 is 27.5 Å². The van der Waals surface area contributed by atoms with Gasteiger partial charge in [0.05, 0.1) is 5.02 Å². The lowest BCUT2D eigenvalue weighted by atomic mass is 10.1. The number of nitrogens with two attached hydrogens (primary N) is 1. The molecule has 0 heterocycles. The summed E-state index contributed by atoms with van der Waals surface area (Å²) in [4.78, 5) is 0. The van der Waals surface area contributed by atoms with Crippen molar-refractivity contribution in [2.45, 2.75) is 26.0 Å². The smallest absolute Gasteiger partial charge is 0.142 e. The number of hydrogen-bond donors (Lipinski definition) is 1. The molecule has 0 amide bonds. The fraction of sp³-hybridized carbons (Fsp3) is 0.250. The van der Waals surface area contributed by atoms with Gasteiger partial charge in [-0.25, -0.2) is 4.39 Å². The zero-order chi connectivity index (χ0) is 15.4. The van der Waals surface area contributed by atoms with Crippen LogP contribution in [0.25, 0.3) is 0 Å². The van der Waals surface area contributed by atoms with Crippen LogP contribution in [-0.4, -0.2) is 6.04 Å². The summed E-state index contributed by atoms with van der Waals surface area (Å²) in [5, 5.41) is 0.113. The van der Waals surface area contributed by atoms with E-state index in [9.17, 15) is 4.39 Å². The fourth-order valence-electron chi connectivity index (χ4n) is 1.94. The molecule has 0 saturated heterocycles. The van der Waals surface area contributed by atoms with E-state index in [0.29, 0.717) is 0 Å². The van der Waals surface area contributed by atoms with Gasteiger partial charge in [0.15, 0.2) is 0 Å². The van der Waals surface area contributed by atoms with Crippen molar-refractivity contribution in [3.63, 3.8) is 0 Å². The van der Waals surface area contributed by atoms with E-state index in [1.54, 1.807) is 6.07 Å². The van der Waals surface area contributed by atoms with Crippen LogP contribution in [0, 0.1) is 5.82 Å². The van der Waals surface area contributed by atoms with Crippen LogP contribution in [0.4, 0.5) is 4.39 Å². The van der Waals surface area contributed by atoms with Gasteiger partial charge in [0, 0.05) is 10.5 Å². The first-order valence-corrected chi connectivity index (χ1v) is 7.73. The second kappa shape index (κ2) is 7.25. The molecule has 0 spiro atoms. The third-order valence-electron chi connectivity index (χ3n) is 2.95. The number of rotatable bonds is 5. The summed E-state index contributed by atoms with van der Waals surface area (Å²) in [7, 11) is 0. The lowest BCUT2D eigenvalue weighted by Gasteiger charge is -2.11. The van der Waals surface area contributed by atoms with E-state index < -0.39 is 5.82 Å². The first kappa shape index (κ1) is 16.3. The van der Waals surface area contributed by atoms with Crippen molar-refractivity contribution in [2.75, 3.05) is 0 Å². The normalized spacial score (nSPS) is 12.2. The van der Waals surface area contributed by atoms with E-state index >= 15 is 0 Å². The molecule has 2 rings (SSSR count). The van der Waals surface area contributed by atoms with Gasteiger partial charge < -0.3 is 10.5 Å². The number of halogens is 3. The van der Waals surface area contributed by atoms with E-state index in [4.69, 9.17) is 22.1 Å². The molecule has 2 nitrogen and oxygen atoms in total. The van der Waals surface area contributed by atoms with Gasteiger partial charge in [-0.15, -0.1) is 0 Å². The van der Waals surface area contributed by atoms with Gasteiger partial charge in [-0.3, -0.25) is 0 Å². The van der Waals surface area contributed by atoms with Crippen molar-refractivity contribution in [3.8, 4) is 5.75 Å². The van der Waals surface area contributed by atoms with Gasteiger partial charge in [-0.05, 0) is 54.8 Å². The van der Waals surface area contributed by atoms with Gasteiger partial charge in [-0.2, -0.15) is 0 Å². The maximum Gasteiger partial charge on any atom is 0.142 e. The van der Waals surface area contributed by atoms with Crippen LogP contribution in [0.3, 0.4) is 0 Å². The summed E-state index contributed by atoms with van der Waals surface area (Å²) in [6, 6.07) is 10.5. The maximum atomic E-state index is 13.4. The monoisotopic (exact) mass is 371 g/mol. The first-order chi connectivity index (χ1) is 9.95. The predicted molar refractivity (Wildman–Crippen MR) is 87.2 cm³/mol. The number of hydrogen-bond acceptors (Lipinski definition) is 2. The highest BCUT2D eigenvalue weighted by molar-refractivity contribution is 9.10. The second-order valence-electron chi connectivity index (χ2n) is 4.97. The van der Waals surface area contributed by atoms with Crippen molar-refractivity contribution in [3.05, 3.63) is 62.8 Å². The third kappa shape index (κ3) is 4.70. The Labute approximate surface area is 137 Å². The van der Waals surface area contributed by atoms with Crippen LogP contribution in [0.1, 0.15) is 18.1 Å². The molecule has 21 heavy (non-hydrogen) atoms. The molecule has 2 N–H and O–H groups in total. The van der Waals surface area contributed by atoms with Crippen LogP contribution in [0.15, 0.2) is 40.9 Å². The van der Waals surface area contributed by atoms with E-state index in [2.05, 4.69) is 15.9 Å². The standard InChI is InChI=1S/C16H16BrClFNO/c1-10(20)6-12-8-13(3-4-14(12)17)21-9-11-2-5-15(18)16(19)7-11/h2-5,7-8,10H,6,9,20H2,1H3. The Morgan fingerprint density at radius 2 is 2.05 bits per heavy atom. The van der Waals surface area contributed by atoms with Crippen LogP contribution < -0.4 is 10.5 Å². The number of ether oxygens (including phenoxy) is 1. The van der Waals surface area contributed by atoms with Crippen molar-refractivity contribution in [2.24, 2.45) is 5.73 Å². The van der Waals surface area contributed by atoms with Crippen LogP contribution in [0.5, 0.6) is 5.75 Å². The quantitative estimate of drug-likeness (QED) is 0.825. The van der Waals surface area contributed by atoms with Gasteiger partial charge in [-0.1, -0.05) is 33.6 Å². The zero-order valence-electron chi connectivity index (χ0n) is 11.6. The molecule has 0 aliphatic rings. The minimum absolute atomic E-state index is 0.0712. The van der Waals surface area contributed by atoms with Gasteiger partial charge >= 0.3 is 0 Å². The molecule has 0 fully saturated rings. The van der Waals surface area contributed by atoms with E-state index in [1.807, 2.05) is 25.1 Å².